The van der Waals surface area contributed by atoms with Gasteiger partial charge in [-0.3, -0.25) is 4.79 Å². The summed E-state index contributed by atoms with van der Waals surface area (Å²) in [5.74, 6) is 0.0929. The molecule has 0 saturated carbocycles. The Kier molecular flexibility index (Phi) is 4.95. The van der Waals surface area contributed by atoms with Crippen molar-refractivity contribution in [3.63, 3.8) is 0 Å². The van der Waals surface area contributed by atoms with Gasteiger partial charge in [-0.2, -0.15) is 8.78 Å². The van der Waals surface area contributed by atoms with Crippen LogP contribution in [0, 0.1) is 11.8 Å². The van der Waals surface area contributed by atoms with E-state index in [9.17, 15) is 13.6 Å². The third-order valence-corrected chi connectivity index (χ3v) is 3.58. The standard InChI is InChI=1S/C14H18F2N2O3/c1-8(9-6-17-7-9)13(19)18-10-3-4-11(20-2)12(5-10)21-14(15)16/h3-5,8-9,14,17H,6-7H2,1-2H3,(H,18,19). The van der Waals surface area contributed by atoms with Crippen LogP contribution in [-0.2, 0) is 4.79 Å². The fraction of sp³-hybridized carbons (Fsp3) is 0.500. The van der Waals surface area contributed by atoms with Crippen molar-refractivity contribution in [3.8, 4) is 11.5 Å². The lowest BCUT2D eigenvalue weighted by molar-refractivity contribution is -0.121. The van der Waals surface area contributed by atoms with Crippen LogP contribution in [0.5, 0.6) is 11.5 Å². The summed E-state index contributed by atoms with van der Waals surface area (Å²) < 4.78 is 34.0. The van der Waals surface area contributed by atoms with Gasteiger partial charge in [0.1, 0.15) is 0 Å². The van der Waals surface area contributed by atoms with Crippen molar-refractivity contribution in [2.45, 2.75) is 13.5 Å². The lowest BCUT2D eigenvalue weighted by Crippen LogP contribution is -2.48. The molecule has 1 heterocycles. The zero-order valence-electron chi connectivity index (χ0n) is 11.9. The highest BCUT2D eigenvalue weighted by Gasteiger charge is 2.28. The molecule has 1 fully saturated rings. The van der Waals surface area contributed by atoms with Gasteiger partial charge < -0.3 is 20.1 Å². The van der Waals surface area contributed by atoms with E-state index in [-0.39, 0.29) is 23.3 Å². The Morgan fingerprint density at radius 2 is 2.10 bits per heavy atom. The smallest absolute Gasteiger partial charge is 0.387 e. The molecule has 1 aliphatic heterocycles. The minimum Gasteiger partial charge on any atom is -0.493 e. The van der Waals surface area contributed by atoms with Gasteiger partial charge in [-0.15, -0.1) is 0 Å². The summed E-state index contributed by atoms with van der Waals surface area (Å²) in [6.07, 6.45) is 0. The minimum atomic E-state index is -2.95. The number of alkyl halides is 2. The van der Waals surface area contributed by atoms with Gasteiger partial charge in [0.2, 0.25) is 5.91 Å². The van der Waals surface area contributed by atoms with Crippen LogP contribution in [0.4, 0.5) is 14.5 Å². The number of anilines is 1. The number of nitrogens with one attached hydrogen (secondary N) is 2. The topological polar surface area (TPSA) is 59.6 Å². The zero-order chi connectivity index (χ0) is 15.4. The van der Waals surface area contributed by atoms with Gasteiger partial charge in [0.15, 0.2) is 11.5 Å². The summed E-state index contributed by atoms with van der Waals surface area (Å²) in [5.41, 5.74) is 0.399. The van der Waals surface area contributed by atoms with Gasteiger partial charge in [-0.25, -0.2) is 0 Å². The van der Waals surface area contributed by atoms with Gasteiger partial charge in [0.05, 0.1) is 7.11 Å². The largest absolute Gasteiger partial charge is 0.493 e. The summed E-state index contributed by atoms with van der Waals surface area (Å²) in [7, 11) is 1.36. The quantitative estimate of drug-likeness (QED) is 0.844. The van der Waals surface area contributed by atoms with Crippen molar-refractivity contribution in [1.82, 2.24) is 5.32 Å². The molecule has 0 bridgehead atoms. The first kappa shape index (κ1) is 15.5. The molecule has 0 aliphatic carbocycles. The second-order valence-corrected chi connectivity index (χ2v) is 4.94. The average molecular weight is 300 g/mol. The van der Waals surface area contributed by atoms with Gasteiger partial charge in [-0.05, 0) is 31.1 Å². The number of halogens is 2. The average Bonchev–Trinajstić information content (AvgIpc) is 2.36. The molecule has 21 heavy (non-hydrogen) atoms. The molecule has 1 aliphatic rings. The predicted octanol–water partition coefficient (Wildman–Crippen LogP) is 2.09. The number of hydrogen-bond acceptors (Lipinski definition) is 4. The number of carbonyl (C=O) groups excluding carboxylic acids is 1. The van der Waals surface area contributed by atoms with Crippen molar-refractivity contribution >= 4 is 11.6 Å². The first-order valence-corrected chi connectivity index (χ1v) is 6.65. The second kappa shape index (κ2) is 6.71. The highest BCUT2D eigenvalue weighted by atomic mass is 19.3. The van der Waals surface area contributed by atoms with Gasteiger partial charge in [0, 0.05) is 17.7 Å². The molecule has 7 heteroatoms. The number of rotatable bonds is 6. The number of ether oxygens (including phenoxy) is 2. The molecule has 1 aromatic carbocycles. The van der Waals surface area contributed by atoms with E-state index in [1.807, 2.05) is 6.92 Å². The molecular weight excluding hydrogens is 282 g/mol. The van der Waals surface area contributed by atoms with Gasteiger partial charge in [-0.1, -0.05) is 6.92 Å². The Balaban J connectivity index is 2.07. The Labute approximate surface area is 121 Å². The molecule has 2 rings (SSSR count). The third kappa shape index (κ3) is 3.81. The molecule has 116 valence electrons. The molecule has 1 atom stereocenters. The van der Waals surface area contributed by atoms with E-state index in [2.05, 4.69) is 15.4 Å². The van der Waals surface area contributed by atoms with Crippen LogP contribution in [0.15, 0.2) is 18.2 Å². The molecular formula is C14H18F2N2O3. The maximum absolute atomic E-state index is 12.3. The third-order valence-electron chi connectivity index (χ3n) is 3.58. The van der Waals surface area contributed by atoms with E-state index < -0.39 is 6.61 Å². The normalized spacial score (nSPS) is 16.2. The van der Waals surface area contributed by atoms with Crippen molar-refractivity contribution < 1.29 is 23.0 Å². The van der Waals surface area contributed by atoms with Crippen molar-refractivity contribution in [2.24, 2.45) is 11.8 Å². The van der Waals surface area contributed by atoms with Crippen LogP contribution < -0.4 is 20.1 Å². The SMILES string of the molecule is COc1ccc(NC(=O)C(C)C2CNC2)cc1OC(F)F. The lowest BCUT2D eigenvalue weighted by Gasteiger charge is -2.31. The fourth-order valence-electron chi connectivity index (χ4n) is 2.08. The van der Waals surface area contributed by atoms with E-state index >= 15 is 0 Å². The van der Waals surface area contributed by atoms with Gasteiger partial charge in [0.25, 0.3) is 0 Å². The minimum absolute atomic E-state index is 0.108. The van der Waals surface area contributed by atoms with Gasteiger partial charge >= 0.3 is 6.61 Å². The molecule has 0 radical (unpaired) electrons. The number of benzene rings is 1. The van der Waals surface area contributed by atoms with E-state index in [0.29, 0.717) is 11.6 Å². The Hall–Kier alpha value is -1.89. The van der Waals surface area contributed by atoms with Crippen molar-refractivity contribution in [2.75, 3.05) is 25.5 Å². The number of methoxy groups -OCH3 is 1. The summed E-state index contributed by atoms with van der Waals surface area (Å²) in [6, 6.07) is 4.39. The van der Waals surface area contributed by atoms with Crippen LogP contribution >= 0.6 is 0 Å². The number of amides is 1. The van der Waals surface area contributed by atoms with Crippen LogP contribution in [0.1, 0.15) is 6.92 Å². The first-order chi connectivity index (χ1) is 10.0. The van der Waals surface area contributed by atoms with Crippen LogP contribution in [0.3, 0.4) is 0 Å². The highest BCUT2D eigenvalue weighted by molar-refractivity contribution is 5.93. The fourth-order valence-corrected chi connectivity index (χ4v) is 2.08. The first-order valence-electron chi connectivity index (χ1n) is 6.65. The van der Waals surface area contributed by atoms with Crippen molar-refractivity contribution in [3.05, 3.63) is 18.2 Å². The molecule has 1 aromatic rings. The maximum Gasteiger partial charge on any atom is 0.387 e. The monoisotopic (exact) mass is 300 g/mol. The number of hydrogen-bond donors (Lipinski definition) is 2. The Morgan fingerprint density at radius 1 is 1.38 bits per heavy atom. The molecule has 5 nitrogen and oxygen atoms in total. The lowest BCUT2D eigenvalue weighted by atomic mass is 9.88. The van der Waals surface area contributed by atoms with Crippen LogP contribution in [0.25, 0.3) is 0 Å². The molecule has 1 unspecified atom stereocenters. The Bertz CT molecular complexity index is 507. The highest BCUT2D eigenvalue weighted by Crippen LogP contribution is 2.31. The second-order valence-electron chi connectivity index (χ2n) is 4.94. The summed E-state index contributed by atoms with van der Waals surface area (Å²) >= 11 is 0. The van der Waals surface area contributed by atoms with Crippen LogP contribution in [-0.4, -0.2) is 32.7 Å². The zero-order valence-corrected chi connectivity index (χ0v) is 11.9. The van der Waals surface area contributed by atoms with Crippen molar-refractivity contribution in [1.29, 1.82) is 0 Å². The summed E-state index contributed by atoms with van der Waals surface area (Å²) in [6.45, 7) is 0.527. The van der Waals surface area contributed by atoms with E-state index in [1.165, 1.54) is 19.2 Å². The molecule has 1 saturated heterocycles. The predicted molar refractivity (Wildman–Crippen MR) is 73.8 cm³/mol. The summed E-state index contributed by atoms with van der Waals surface area (Å²) in [5, 5.41) is 5.82. The molecule has 1 amide bonds. The summed E-state index contributed by atoms with van der Waals surface area (Å²) in [4.78, 5) is 12.1. The molecule has 0 aromatic heterocycles. The molecule has 0 spiro atoms. The van der Waals surface area contributed by atoms with E-state index in [1.54, 1.807) is 6.07 Å². The number of carbonyl (C=O) groups is 1. The van der Waals surface area contributed by atoms with E-state index in [4.69, 9.17) is 4.74 Å². The van der Waals surface area contributed by atoms with E-state index in [0.717, 1.165) is 13.1 Å². The Morgan fingerprint density at radius 3 is 2.62 bits per heavy atom. The van der Waals surface area contributed by atoms with Crippen LogP contribution in [0.2, 0.25) is 0 Å². The maximum atomic E-state index is 12.3. The molecule has 2 N–H and O–H groups in total.